The molecule has 0 bridgehead atoms. The number of pyridine rings is 1. The predicted octanol–water partition coefficient (Wildman–Crippen LogP) is 3.14. The third kappa shape index (κ3) is 3.55. The molecule has 0 aliphatic carbocycles. The Morgan fingerprint density at radius 3 is 2.67 bits per heavy atom. The molecular weight excluding hydrogens is 292 g/mol. The standard InChI is InChI=1S/C14H15BrN2O/c1-18-14-3-2-13(15)8-12(14)10-17-9-11-4-6-16-7-5-11/h2-8,17H,9-10H2,1H3. The van der Waals surface area contributed by atoms with Gasteiger partial charge < -0.3 is 10.1 Å². The van der Waals surface area contributed by atoms with E-state index in [9.17, 15) is 0 Å². The first-order valence-corrected chi connectivity index (χ1v) is 6.51. The maximum Gasteiger partial charge on any atom is 0.123 e. The molecule has 18 heavy (non-hydrogen) atoms. The van der Waals surface area contributed by atoms with Gasteiger partial charge in [-0.25, -0.2) is 0 Å². The zero-order valence-electron chi connectivity index (χ0n) is 10.2. The van der Waals surface area contributed by atoms with E-state index in [0.717, 1.165) is 28.9 Å². The fourth-order valence-corrected chi connectivity index (χ4v) is 2.14. The fourth-order valence-electron chi connectivity index (χ4n) is 1.73. The second kappa shape index (κ2) is 6.52. The minimum Gasteiger partial charge on any atom is -0.496 e. The van der Waals surface area contributed by atoms with Crippen molar-refractivity contribution in [1.82, 2.24) is 10.3 Å². The van der Waals surface area contributed by atoms with Crippen LogP contribution in [0.15, 0.2) is 47.2 Å². The molecule has 3 nitrogen and oxygen atoms in total. The van der Waals surface area contributed by atoms with Crippen LogP contribution in [0.3, 0.4) is 0 Å². The van der Waals surface area contributed by atoms with Gasteiger partial charge in [-0.15, -0.1) is 0 Å². The Kier molecular flexibility index (Phi) is 4.73. The van der Waals surface area contributed by atoms with Gasteiger partial charge in [0.15, 0.2) is 0 Å². The van der Waals surface area contributed by atoms with E-state index in [2.05, 4.69) is 32.3 Å². The second-order valence-electron chi connectivity index (χ2n) is 3.92. The number of nitrogens with one attached hydrogen (secondary N) is 1. The van der Waals surface area contributed by atoms with Crippen molar-refractivity contribution in [1.29, 1.82) is 0 Å². The van der Waals surface area contributed by atoms with Crippen LogP contribution in [0.5, 0.6) is 5.75 Å². The highest BCUT2D eigenvalue weighted by molar-refractivity contribution is 9.10. The Morgan fingerprint density at radius 2 is 1.94 bits per heavy atom. The molecule has 1 N–H and O–H groups in total. The van der Waals surface area contributed by atoms with E-state index in [0.29, 0.717) is 0 Å². The van der Waals surface area contributed by atoms with Crippen LogP contribution >= 0.6 is 15.9 Å². The van der Waals surface area contributed by atoms with Crippen LogP contribution in [0.1, 0.15) is 11.1 Å². The SMILES string of the molecule is COc1ccc(Br)cc1CNCc1ccncc1. The largest absolute Gasteiger partial charge is 0.496 e. The Morgan fingerprint density at radius 1 is 1.17 bits per heavy atom. The number of halogens is 1. The molecule has 0 spiro atoms. The van der Waals surface area contributed by atoms with Crippen molar-refractivity contribution in [3.05, 3.63) is 58.3 Å². The first-order chi connectivity index (χ1) is 8.79. The van der Waals surface area contributed by atoms with Gasteiger partial charge in [0.25, 0.3) is 0 Å². The summed E-state index contributed by atoms with van der Waals surface area (Å²) in [6, 6.07) is 10.0. The van der Waals surface area contributed by atoms with E-state index in [-0.39, 0.29) is 0 Å². The van der Waals surface area contributed by atoms with Crippen LogP contribution in [0.25, 0.3) is 0 Å². The van der Waals surface area contributed by atoms with Crippen LogP contribution < -0.4 is 10.1 Å². The van der Waals surface area contributed by atoms with E-state index in [1.54, 1.807) is 19.5 Å². The highest BCUT2D eigenvalue weighted by atomic mass is 79.9. The summed E-state index contributed by atoms with van der Waals surface area (Å²) >= 11 is 3.47. The quantitative estimate of drug-likeness (QED) is 0.921. The molecule has 0 aliphatic heterocycles. The van der Waals surface area contributed by atoms with E-state index >= 15 is 0 Å². The number of ether oxygens (including phenoxy) is 1. The Hall–Kier alpha value is -1.39. The smallest absolute Gasteiger partial charge is 0.123 e. The molecular formula is C14H15BrN2O. The molecule has 1 aromatic carbocycles. The zero-order valence-corrected chi connectivity index (χ0v) is 11.8. The summed E-state index contributed by atoms with van der Waals surface area (Å²) in [5, 5.41) is 3.39. The van der Waals surface area contributed by atoms with E-state index in [1.165, 1.54) is 5.56 Å². The van der Waals surface area contributed by atoms with Gasteiger partial charge in [0, 0.05) is 35.5 Å². The maximum atomic E-state index is 5.33. The molecule has 1 aromatic heterocycles. The average molecular weight is 307 g/mol. The molecule has 0 saturated heterocycles. The monoisotopic (exact) mass is 306 g/mol. The van der Waals surface area contributed by atoms with E-state index in [1.807, 2.05) is 24.3 Å². The molecule has 0 amide bonds. The molecule has 0 fully saturated rings. The number of hydrogen-bond donors (Lipinski definition) is 1. The molecule has 2 aromatic rings. The van der Waals surface area contributed by atoms with Crippen LogP contribution in [0, 0.1) is 0 Å². The summed E-state index contributed by atoms with van der Waals surface area (Å²) in [4.78, 5) is 4.00. The van der Waals surface area contributed by atoms with Gasteiger partial charge in [-0.3, -0.25) is 4.98 Å². The summed E-state index contributed by atoms with van der Waals surface area (Å²) < 4.78 is 6.39. The van der Waals surface area contributed by atoms with Gasteiger partial charge in [-0.05, 0) is 35.9 Å². The number of nitrogens with zero attached hydrogens (tertiary/aromatic N) is 1. The predicted molar refractivity (Wildman–Crippen MR) is 75.5 cm³/mol. The molecule has 94 valence electrons. The number of rotatable bonds is 5. The fraction of sp³-hybridized carbons (Fsp3) is 0.214. The van der Waals surface area contributed by atoms with Crippen molar-refractivity contribution in [3.63, 3.8) is 0 Å². The maximum absolute atomic E-state index is 5.33. The minimum absolute atomic E-state index is 0.769. The van der Waals surface area contributed by atoms with Gasteiger partial charge in [0.2, 0.25) is 0 Å². The average Bonchev–Trinajstić information content (AvgIpc) is 2.40. The van der Waals surface area contributed by atoms with Crippen molar-refractivity contribution in [2.45, 2.75) is 13.1 Å². The van der Waals surface area contributed by atoms with Crippen molar-refractivity contribution >= 4 is 15.9 Å². The minimum atomic E-state index is 0.769. The molecule has 4 heteroatoms. The Bertz CT molecular complexity index is 502. The summed E-state index contributed by atoms with van der Waals surface area (Å²) in [6.07, 6.45) is 3.60. The van der Waals surface area contributed by atoms with Crippen molar-refractivity contribution in [2.75, 3.05) is 7.11 Å². The number of benzene rings is 1. The summed E-state index contributed by atoms with van der Waals surface area (Å²) in [5.74, 6) is 0.903. The first-order valence-electron chi connectivity index (χ1n) is 5.71. The van der Waals surface area contributed by atoms with Crippen LogP contribution in [0.2, 0.25) is 0 Å². The molecule has 0 saturated carbocycles. The normalized spacial score (nSPS) is 10.3. The Labute approximate surface area is 115 Å². The van der Waals surface area contributed by atoms with Gasteiger partial charge in [-0.1, -0.05) is 15.9 Å². The molecule has 0 aliphatic rings. The number of aromatic nitrogens is 1. The topological polar surface area (TPSA) is 34.1 Å². The third-order valence-corrected chi connectivity index (χ3v) is 3.13. The van der Waals surface area contributed by atoms with Crippen molar-refractivity contribution < 1.29 is 4.74 Å². The molecule has 1 heterocycles. The molecule has 0 radical (unpaired) electrons. The zero-order chi connectivity index (χ0) is 12.8. The Balaban J connectivity index is 1.96. The summed E-state index contributed by atoms with van der Waals surface area (Å²) in [6.45, 7) is 1.59. The highest BCUT2D eigenvalue weighted by Crippen LogP contribution is 2.22. The van der Waals surface area contributed by atoms with Crippen molar-refractivity contribution in [3.8, 4) is 5.75 Å². The number of hydrogen-bond acceptors (Lipinski definition) is 3. The molecule has 0 unspecified atom stereocenters. The van der Waals surface area contributed by atoms with Crippen LogP contribution in [-0.4, -0.2) is 12.1 Å². The lowest BCUT2D eigenvalue weighted by atomic mass is 10.2. The summed E-state index contributed by atoms with van der Waals surface area (Å²) in [7, 11) is 1.69. The summed E-state index contributed by atoms with van der Waals surface area (Å²) in [5.41, 5.74) is 2.36. The lowest BCUT2D eigenvalue weighted by molar-refractivity contribution is 0.407. The van der Waals surface area contributed by atoms with Gasteiger partial charge >= 0.3 is 0 Å². The van der Waals surface area contributed by atoms with Gasteiger partial charge in [-0.2, -0.15) is 0 Å². The molecule has 0 atom stereocenters. The lowest BCUT2D eigenvalue weighted by Gasteiger charge is -2.10. The van der Waals surface area contributed by atoms with E-state index < -0.39 is 0 Å². The highest BCUT2D eigenvalue weighted by Gasteiger charge is 2.03. The molecule has 2 rings (SSSR count). The second-order valence-corrected chi connectivity index (χ2v) is 4.83. The number of methoxy groups -OCH3 is 1. The first kappa shape index (κ1) is 13.1. The van der Waals surface area contributed by atoms with Crippen LogP contribution in [0.4, 0.5) is 0 Å². The van der Waals surface area contributed by atoms with Crippen molar-refractivity contribution in [2.24, 2.45) is 0 Å². The van der Waals surface area contributed by atoms with E-state index in [4.69, 9.17) is 4.74 Å². The third-order valence-electron chi connectivity index (χ3n) is 2.64. The lowest BCUT2D eigenvalue weighted by Crippen LogP contribution is -2.13. The van der Waals surface area contributed by atoms with Gasteiger partial charge in [0.05, 0.1) is 7.11 Å². The van der Waals surface area contributed by atoms with Gasteiger partial charge in [0.1, 0.15) is 5.75 Å². The van der Waals surface area contributed by atoms with Crippen LogP contribution in [-0.2, 0) is 13.1 Å².